The zero-order valence-corrected chi connectivity index (χ0v) is 12.2. The summed E-state index contributed by atoms with van der Waals surface area (Å²) in [5.74, 6) is 2.41. The van der Waals surface area contributed by atoms with Crippen LogP contribution in [-0.2, 0) is 0 Å². The fourth-order valence-corrected chi connectivity index (χ4v) is 2.96. The molecule has 3 atom stereocenters. The van der Waals surface area contributed by atoms with E-state index in [9.17, 15) is 0 Å². The Labute approximate surface area is 120 Å². The minimum absolute atomic E-state index is 0.566. The van der Waals surface area contributed by atoms with Gasteiger partial charge in [0.15, 0.2) is 5.82 Å². The topological polar surface area (TPSA) is 42.7 Å². The SMILES string of the molecule is CC1CCC(C)C(Nc2ccc(-n3cccn3)nc2)C1. The lowest BCUT2D eigenvalue weighted by molar-refractivity contribution is 0.280. The van der Waals surface area contributed by atoms with E-state index in [-0.39, 0.29) is 0 Å². The Morgan fingerprint density at radius 1 is 1.25 bits per heavy atom. The molecule has 0 spiro atoms. The lowest BCUT2D eigenvalue weighted by Gasteiger charge is -2.33. The molecule has 1 N–H and O–H groups in total. The second kappa shape index (κ2) is 5.65. The molecule has 3 unspecified atom stereocenters. The average molecular weight is 270 g/mol. The van der Waals surface area contributed by atoms with Gasteiger partial charge in [-0.1, -0.05) is 20.3 Å². The van der Waals surface area contributed by atoms with Crippen molar-refractivity contribution in [1.29, 1.82) is 0 Å². The van der Waals surface area contributed by atoms with Crippen LogP contribution in [-0.4, -0.2) is 20.8 Å². The van der Waals surface area contributed by atoms with Crippen LogP contribution in [0.15, 0.2) is 36.8 Å². The summed E-state index contributed by atoms with van der Waals surface area (Å²) in [4.78, 5) is 4.47. The van der Waals surface area contributed by atoms with Crippen LogP contribution >= 0.6 is 0 Å². The van der Waals surface area contributed by atoms with Gasteiger partial charge in [-0.3, -0.25) is 0 Å². The molecule has 3 rings (SSSR count). The molecule has 0 aliphatic heterocycles. The molecule has 2 heterocycles. The van der Waals surface area contributed by atoms with E-state index in [4.69, 9.17) is 0 Å². The van der Waals surface area contributed by atoms with Gasteiger partial charge in [0.05, 0.1) is 11.9 Å². The predicted octanol–water partition coefficient (Wildman–Crippen LogP) is 3.50. The van der Waals surface area contributed by atoms with Gasteiger partial charge in [-0.2, -0.15) is 5.10 Å². The molecule has 1 aliphatic carbocycles. The average Bonchev–Trinajstić information content (AvgIpc) is 2.98. The Balaban J connectivity index is 1.69. The van der Waals surface area contributed by atoms with Crippen molar-refractivity contribution in [1.82, 2.24) is 14.8 Å². The highest BCUT2D eigenvalue weighted by Gasteiger charge is 2.25. The second-order valence-corrected chi connectivity index (χ2v) is 6.00. The molecular formula is C16H22N4. The highest BCUT2D eigenvalue weighted by molar-refractivity contribution is 5.44. The van der Waals surface area contributed by atoms with Crippen molar-refractivity contribution in [2.24, 2.45) is 11.8 Å². The maximum atomic E-state index is 4.47. The van der Waals surface area contributed by atoms with Crippen molar-refractivity contribution >= 4 is 5.69 Å². The number of pyridine rings is 1. The molecule has 4 heteroatoms. The normalized spacial score (nSPS) is 26.4. The minimum atomic E-state index is 0.566. The summed E-state index contributed by atoms with van der Waals surface area (Å²) < 4.78 is 1.77. The van der Waals surface area contributed by atoms with Gasteiger partial charge in [0, 0.05) is 18.4 Å². The Kier molecular flexibility index (Phi) is 3.72. The van der Waals surface area contributed by atoms with Crippen LogP contribution in [0.5, 0.6) is 0 Å². The van der Waals surface area contributed by atoms with E-state index in [0.29, 0.717) is 6.04 Å². The third-order valence-corrected chi connectivity index (χ3v) is 4.30. The molecule has 1 aliphatic rings. The van der Waals surface area contributed by atoms with Crippen LogP contribution in [0.3, 0.4) is 0 Å². The summed E-state index contributed by atoms with van der Waals surface area (Å²) in [7, 11) is 0. The molecule has 0 radical (unpaired) electrons. The molecule has 1 fully saturated rings. The number of hydrogen-bond acceptors (Lipinski definition) is 3. The quantitative estimate of drug-likeness (QED) is 0.928. The lowest BCUT2D eigenvalue weighted by Crippen LogP contribution is -2.33. The molecule has 106 valence electrons. The standard InChI is InChI=1S/C16H22N4/c1-12-4-5-13(2)15(10-12)19-14-6-7-16(17-11-14)20-9-3-8-18-20/h3,6-9,11-13,15,19H,4-5,10H2,1-2H3. The van der Waals surface area contributed by atoms with Gasteiger partial charge in [-0.15, -0.1) is 0 Å². The Bertz CT molecular complexity index is 532. The molecule has 0 aromatic carbocycles. The minimum Gasteiger partial charge on any atom is -0.381 e. The van der Waals surface area contributed by atoms with E-state index in [1.807, 2.05) is 24.5 Å². The zero-order chi connectivity index (χ0) is 13.9. The van der Waals surface area contributed by atoms with Crippen molar-refractivity contribution in [2.75, 3.05) is 5.32 Å². The third-order valence-electron chi connectivity index (χ3n) is 4.30. The van der Waals surface area contributed by atoms with Gasteiger partial charge in [0.1, 0.15) is 0 Å². The summed E-state index contributed by atoms with van der Waals surface area (Å²) in [6.45, 7) is 4.69. The molecule has 0 saturated heterocycles. The second-order valence-electron chi connectivity index (χ2n) is 6.00. The third kappa shape index (κ3) is 2.84. The fraction of sp³-hybridized carbons (Fsp3) is 0.500. The molecule has 20 heavy (non-hydrogen) atoms. The van der Waals surface area contributed by atoms with Gasteiger partial charge in [0.25, 0.3) is 0 Å². The molecule has 1 saturated carbocycles. The zero-order valence-electron chi connectivity index (χ0n) is 12.2. The van der Waals surface area contributed by atoms with Crippen molar-refractivity contribution in [3.8, 4) is 5.82 Å². The van der Waals surface area contributed by atoms with E-state index in [0.717, 1.165) is 23.3 Å². The van der Waals surface area contributed by atoms with Crippen molar-refractivity contribution in [3.63, 3.8) is 0 Å². The monoisotopic (exact) mass is 270 g/mol. The Morgan fingerprint density at radius 2 is 2.15 bits per heavy atom. The number of nitrogens with zero attached hydrogens (tertiary/aromatic N) is 3. The number of hydrogen-bond donors (Lipinski definition) is 1. The van der Waals surface area contributed by atoms with Gasteiger partial charge in [-0.25, -0.2) is 9.67 Å². The number of nitrogens with one attached hydrogen (secondary N) is 1. The van der Waals surface area contributed by atoms with Crippen molar-refractivity contribution in [2.45, 2.75) is 39.2 Å². The van der Waals surface area contributed by atoms with Gasteiger partial charge < -0.3 is 5.32 Å². The van der Waals surface area contributed by atoms with Crippen molar-refractivity contribution < 1.29 is 0 Å². The van der Waals surface area contributed by atoms with Crippen LogP contribution in [0.4, 0.5) is 5.69 Å². The molecule has 0 bridgehead atoms. The number of rotatable bonds is 3. The predicted molar refractivity (Wildman–Crippen MR) is 80.9 cm³/mol. The van der Waals surface area contributed by atoms with Crippen LogP contribution in [0, 0.1) is 11.8 Å². The molecule has 0 amide bonds. The first kappa shape index (κ1) is 13.2. The van der Waals surface area contributed by atoms with E-state index in [1.54, 1.807) is 10.9 Å². The first-order chi connectivity index (χ1) is 9.72. The first-order valence-electron chi connectivity index (χ1n) is 7.45. The fourth-order valence-electron chi connectivity index (χ4n) is 2.96. The number of aromatic nitrogens is 3. The Hall–Kier alpha value is -1.84. The Morgan fingerprint density at radius 3 is 2.85 bits per heavy atom. The molecular weight excluding hydrogens is 248 g/mol. The largest absolute Gasteiger partial charge is 0.381 e. The van der Waals surface area contributed by atoms with Gasteiger partial charge in [0.2, 0.25) is 0 Å². The first-order valence-corrected chi connectivity index (χ1v) is 7.45. The molecule has 2 aromatic heterocycles. The van der Waals surface area contributed by atoms with E-state index >= 15 is 0 Å². The summed E-state index contributed by atoms with van der Waals surface area (Å²) >= 11 is 0. The maximum Gasteiger partial charge on any atom is 0.153 e. The summed E-state index contributed by atoms with van der Waals surface area (Å²) in [5.41, 5.74) is 1.10. The van der Waals surface area contributed by atoms with Crippen LogP contribution in [0.1, 0.15) is 33.1 Å². The van der Waals surface area contributed by atoms with Crippen molar-refractivity contribution in [3.05, 3.63) is 36.8 Å². The summed E-state index contributed by atoms with van der Waals surface area (Å²) in [6.07, 6.45) is 9.50. The van der Waals surface area contributed by atoms with E-state index in [1.165, 1.54) is 19.3 Å². The summed E-state index contributed by atoms with van der Waals surface area (Å²) in [5, 5.41) is 7.83. The maximum absolute atomic E-state index is 4.47. The van der Waals surface area contributed by atoms with Crippen LogP contribution in [0.2, 0.25) is 0 Å². The van der Waals surface area contributed by atoms with E-state index in [2.05, 4.69) is 35.3 Å². The van der Waals surface area contributed by atoms with Gasteiger partial charge >= 0.3 is 0 Å². The van der Waals surface area contributed by atoms with Crippen LogP contribution in [0.25, 0.3) is 5.82 Å². The highest BCUT2D eigenvalue weighted by Crippen LogP contribution is 2.30. The molecule has 2 aromatic rings. The summed E-state index contributed by atoms with van der Waals surface area (Å²) in [6, 6.07) is 6.57. The van der Waals surface area contributed by atoms with E-state index < -0.39 is 0 Å². The smallest absolute Gasteiger partial charge is 0.153 e. The van der Waals surface area contributed by atoms with Crippen LogP contribution < -0.4 is 5.32 Å². The highest BCUT2D eigenvalue weighted by atomic mass is 15.3. The number of anilines is 1. The van der Waals surface area contributed by atoms with Gasteiger partial charge in [-0.05, 0) is 42.9 Å². The molecule has 4 nitrogen and oxygen atoms in total. The lowest BCUT2D eigenvalue weighted by atomic mass is 9.80.